The van der Waals surface area contributed by atoms with Gasteiger partial charge >= 0.3 is 0 Å². The molecule has 1 amide bonds. The van der Waals surface area contributed by atoms with E-state index in [0.717, 1.165) is 12.8 Å². The molecule has 0 radical (unpaired) electrons. The maximum atomic E-state index is 12.0. The van der Waals surface area contributed by atoms with Gasteiger partial charge in [0, 0.05) is 18.8 Å². The fourth-order valence-electron chi connectivity index (χ4n) is 1.82. The van der Waals surface area contributed by atoms with Crippen LogP contribution in [0.15, 0.2) is 29.2 Å². The summed E-state index contributed by atoms with van der Waals surface area (Å²) in [6.45, 7) is 0.950. The lowest BCUT2D eigenvalue weighted by Crippen LogP contribution is -2.29. The molecule has 1 fully saturated rings. The molecule has 2 rings (SSSR count). The first-order valence-corrected chi connectivity index (χ1v) is 8.67. The van der Waals surface area contributed by atoms with Gasteiger partial charge in [0.1, 0.15) is 6.61 Å². The first kappa shape index (κ1) is 16.9. The first-order valence-electron chi connectivity index (χ1n) is 7.18. The van der Waals surface area contributed by atoms with Gasteiger partial charge in [-0.3, -0.25) is 4.79 Å². The Labute approximate surface area is 130 Å². The molecule has 4 N–H and O–H groups in total. The number of rotatable bonds is 9. The Bertz CT molecular complexity index is 614. The van der Waals surface area contributed by atoms with Crippen molar-refractivity contribution in [3.63, 3.8) is 0 Å². The molecule has 122 valence electrons. The highest BCUT2D eigenvalue weighted by Crippen LogP contribution is 2.28. The van der Waals surface area contributed by atoms with Crippen LogP contribution >= 0.6 is 0 Å². The number of anilines is 1. The number of carbonyl (C=O) groups excluding carboxylic acids is 1. The lowest BCUT2D eigenvalue weighted by molar-refractivity contribution is -0.120. The summed E-state index contributed by atoms with van der Waals surface area (Å²) >= 11 is 0. The maximum Gasteiger partial charge on any atom is 0.250 e. The van der Waals surface area contributed by atoms with Crippen molar-refractivity contribution in [3.05, 3.63) is 24.3 Å². The van der Waals surface area contributed by atoms with Crippen molar-refractivity contribution in [1.29, 1.82) is 0 Å². The van der Waals surface area contributed by atoms with Crippen molar-refractivity contribution in [2.45, 2.75) is 17.7 Å². The minimum atomic E-state index is -3.61. The largest absolute Gasteiger partial charge is 0.371 e. The zero-order chi connectivity index (χ0) is 16.0. The molecule has 0 unspecified atom stereocenters. The van der Waals surface area contributed by atoms with E-state index in [1.807, 2.05) is 0 Å². The molecule has 0 bridgehead atoms. The Morgan fingerprint density at radius 1 is 1.36 bits per heavy atom. The predicted molar refractivity (Wildman–Crippen MR) is 82.9 cm³/mol. The molecule has 1 aromatic rings. The molecule has 1 aliphatic carbocycles. The van der Waals surface area contributed by atoms with Gasteiger partial charge in [0.25, 0.3) is 0 Å². The number of carbonyl (C=O) groups is 1. The molecular formula is C14H21N3O4S. The average Bonchev–Trinajstić information content (AvgIpc) is 3.30. The monoisotopic (exact) mass is 327 g/mol. The summed E-state index contributed by atoms with van der Waals surface area (Å²) in [6, 6.07) is 6.05. The highest BCUT2D eigenvalue weighted by atomic mass is 32.2. The van der Waals surface area contributed by atoms with Crippen LogP contribution < -0.4 is 15.8 Å². The fourth-order valence-corrected chi connectivity index (χ4v) is 2.91. The lowest BCUT2D eigenvalue weighted by atomic mass is 10.3. The summed E-state index contributed by atoms with van der Waals surface area (Å²) < 4.78 is 31.6. The van der Waals surface area contributed by atoms with Crippen LogP contribution in [0.4, 0.5) is 5.69 Å². The molecule has 0 spiro atoms. The van der Waals surface area contributed by atoms with Gasteiger partial charge in [0.15, 0.2) is 0 Å². The Kier molecular flexibility index (Phi) is 5.90. The molecule has 1 aliphatic rings. The van der Waals surface area contributed by atoms with Crippen molar-refractivity contribution >= 4 is 21.6 Å². The number of nitrogens with one attached hydrogen (secondary N) is 2. The highest BCUT2D eigenvalue weighted by molar-refractivity contribution is 7.89. The normalized spacial score (nSPS) is 14.8. The zero-order valence-corrected chi connectivity index (χ0v) is 13.1. The van der Waals surface area contributed by atoms with Crippen molar-refractivity contribution in [2.75, 3.05) is 31.6 Å². The van der Waals surface area contributed by atoms with Gasteiger partial charge in [-0.2, -0.15) is 0 Å². The van der Waals surface area contributed by atoms with Crippen LogP contribution in [0.3, 0.4) is 0 Å². The van der Waals surface area contributed by atoms with Crippen LogP contribution in [-0.4, -0.2) is 40.6 Å². The zero-order valence-electron chi connectivity index (χ0n) is 12.2. The Morgan fingerprint density at radius 2 is 2.14 bits per heavy atom. The van der Waals surface area contributed by atoms with Crippen LogP contribution in [0, 0.1) is 5.92 Å². The molecule has 22 heavy (non-hydrogen) atoms. The van der Waals surface area contributed by atoms with Crippen LogP contribution in [-0.2, 0) is 19.6 Å². The second-order valence-electron chi connectivity index (χ2n) is 5.22. The quantitative estimate of drug-likeness (QED) is 0.604. The molecule has 0 atom stereocenters. The molecule has 1 saturated carbocycles. The third kappa shape index (κ3) is 5.38. The summed E-state index contributed by atoms with van der Waals surface area (Å²) in [6.07, 6.45) is 2.33. The molecule has 0 aromatic heterocycles. The van der Waals surface area contributed by atoms with E-state index in [1.54, 1.807) is 12.1 Å². The van der Waals surface area contributed by atoms with E-state index < -0.39 is 10.0 Å². The van der Waals surface area contributed by atoms with Crippen LogP contribution in [0.2, 0.25) is 0 Å². The molecule has 0 heterocycles. The number of hydrogen-bond acceptors (Lipinski definition) is 5. The first-order chi connectivity index (χ1) is 10.5. The van der Waals surface area contributed by atoms with Gasteiger partial charge in [0.05, 0.1) is 11.5 Å². The van der Waals surface area contributed by atoms with E-state index in [0.29, 0.717) is 18.2 Å². The Morgan fingerprint density at radius 3 is 2.82 bits per heavy atom. The summed E-state index contributed by atoms with van der Waals surface area (Å²) in [5, 5.41) is 2.62. The third-order valence-corrected chi connectivity index (χ3v) is 4.61. The molecule has 1 aromatic carbocycles. The summed E-state index contributed by atoms with van der Waals surface area (Å²) in [5.41, 5.74) is 5.70. The molecular weight excluding hydrogens is 306 g/mol. The minimum absolute atomic E-state index is 0.0289. The second kappa shape index (κ2) is 7.68. The van der Waals surface area contributed by atoms with E-state index in [4.69, 9.17) is 10.5 Å². The van der Waals surface area contributed by atoms with Gasteiger partial charge < -0.3 is 15.8 Å². The smallest absolute Gasteiger partial charge is 0.250 e. The number of sulfonamides is 1. The van der Waals surface area contributed by atoms with Gasteiger partial charge in [-0.25, -0.2) is 13.1 Å². The fraction of sp³-hybridized carbons (Fsp3) is 0.500. The van der Waals surface area contributed by atoms with Gasteiger partial charge in [0.2, 0.25) is 15.9 Å². The summed E-state index contributed by atoms with van der Waals surface area (Å²) in [4.78, 5) is 11.8. The summed E-state index contributed by atoms with van der Waals surface area (Å²) in [5.74, 6) is 0.292. The van der Waals surface area contributed by atoms with Crippen LogP contribution in [0.5, 0.6) is 0 Å². The third-order valence-electron chi connectivity index (χ3n) is 3.15. The van der Waals surface area contributed by atoms with Crippen molar-refractivity contribution in [1.82, 2.24) is 4.72 Å². The van der Waals surface area contributed by atoms with Crippen LogP contribution in [0.25, 0.3) is 0 Å². The molecule has 0 aliphatic heterocycles. The number of amides is 1. The minimum Gasteiger partial charge on any atom is -0.371 e. The van der Waals surface area contributed by atoms with Crippen molar-refractivity contribution in [3.8, 4) is 0 Å². The summed E-state index contributed by atoms with van der Waals surface area (Å²) in [7, 11) is -3.61. The number of hydrogen-bond donors (Lipinski definition) is 3. The van der Waals surface area contributed by atoms with E-state index >= 15 is 0 Å². The van der Waals surface area contributed by atoms with Crippen LogP contribution in [0.1, 0.15) is 12.8 Å². The van der Waals surface area contributed by atoms with E-state index in [9.17, 15) is 13.2 Å². The van der Waals surface area contributed by atoms with Gasteiger partial charge in [-0.05, 0) is 37.0 Å². The van der Waals surface area contributed by atoms with E-state index in [-0.39, 0.29) is 30.5 Å². The van der Waals surface area contributed by atoms with E-state index in [2.05, 4.69) is 10.0 Å². The Balaban J connectivity index is 1.90. The standard InChI is InChI=1S/C14H21N3O4S/c15-6-7-16-22(19,20)13-3-1-2-12(8-13)17-14(18)10-21-9-11-4-5-11/h1-3,8,11,16H,4-7,9-10,15H2,(H,17,18). The lowest BCUT2D eigenvalue weighted by Gasteiger charge is -2.09. The van der Waals surface area contributed by atoms with E-state index in [1.165, 1.54) is 12.1 Å². The molecule has 8 heteroatoms. The number of ether oxygens (including phenoxy) is 1. The second-order valence-corrected chi connectivity index (χ2v) is 6.99. The SMILES string of the molecule is NCCNS(=O)(=O)c1cccc(NC(=O)COCC2CC2)c1. The number of nitrogens with two attached hydrogens (primary N) is 1. The molecule has 0 saturated heterocycles. The van der Waals surface area contributed by atoms with Gasteiger partial charge in [-0.1, -0.05) is 6.07 Å². The van der Waals surface area contributed by atoms with Crippen molar-refractivity contribution < 1.29 is 17.9 Å². The Hall–Kier alpha value is -1.48. The highest BCUT2D eigenvalue weighted by Gasteiger charge is 2.21. The van der Waals surface area contributed by atoms with Crippen molar-refractivity contribution in [2.24, 2.45) is 11.7 Å². The topological polar surface area (TPSA) is 111 Å². The predicted octanol–water partition coefficient (Wildman–Crippen LogP) is 0.289. The molecule has 7 nitrogen and oxygen atoms in total. The number of benzene rings is 1. The maximum absolute atomic E-state index is 12.0. The van der Waals surface area contributed by atoms with Gasteiger partial charge in [-0.15, -0.1) is 0 Å². The average molecular weight is 327 g/mol.